The molecule has 0 N–H and O–H groups in total. The molecule has 0 unspecified atom stereocenters. The molecule has 4 fully saturated rings. The molecule has 0 atom stereocenters. The zero-order valence-electron chi connectivity index (χ0n) is 22.6. The van der Waals surface area contributed by atoms with Crippen molar-refractivity contribution in [2.24, 2.45) is 23.7 Å². The maximum Gasteiger partial charge on any atom is 0.344 e. The summed E-state index contributed by atoms with van der Waals surface area (Å²) in [5.41, 5.74) is 3.11. The zero-order chi connectivity index (χ0) is 26.5. The van der Waals surface area contributed by atoms with Crippen molar-refractivity contribution >= 4 is 23.0 Å². The first-order valence-corrected chi connectivity index (χ1v) is 13.9. The lowest BCUT2D eigenvalue weighted by atomic mass is 9.50. The maximum absolute atomic E-state index is 14.6. The molecule has 5 nitrogen and oxygen atoms in total. The van der Waals surface area contributed by atoms with Gasteiger partial charge in [-0.25, -0.2) is 4.79 Å². The molecule has 4 saturated carbocycles. The van der Waals surface area contributed by atoms with Gasteiger partial charge in [-0.05, 0) is 87.7 Å². The highest BCUT2D eigenvalue weighted by Gasteiger charge is 2.57. The molecular weight excluding hydrogens is 474 g/mol. The number of aryl methyl sites for hydroxylation is 2. The third kappa shape index (κ3) is 4.22. The Morgan fingerprint density at radius 1 is 0.816 bits per heavy atom. The fourth-order valence-corrected chi connectivity index (χ4v) is 7.75. The van der Waals surface area contributed by atoms with E-state index in [-0.39, 0.29) is 18.2 Å². The number of hydrogen-bond acceptors (Lipinski definition) is 4. The van der Waals surface area contributed by atoms with Crippen LogP contribution >= 0.6 is 0 Å². The van der Waals surface area contributed by atoms with E-state index in [1.54, 1.807) is 0 Å². The molecule has 4 aliphatic rings. The summed E-state index contributed by atoms with van der Waals surface area (Å²) in [6.07, 6.45) is 6.13. The Morgan fingerprint density at radius 3 is 1.76 bits per heavy atom. The number of benzene rings is 3. The largest absolute Gasteiger partial charge is 0.616 e. The van der Waals surface area contributed by atoms with Gasteiger partial charge in [-0.3, -0.25) is 4.65 Å². The summed E-state index contributed by atoms with van der Waals surface area (Å²) in [6.45, 7) is 5.88. The van der Waals surface area contributed by atoms with Crippen LogP contribution in [0, 0.1) is 42.7 Å². The Morgan fingerprint density at radius 2 is 1.29 bits per heavy atom. The average molecular weight is 512 g/mol. The minimum atomic E-state index is -0.713. The highest BCUT2D eigenvalue weighted by Crippen LogP contribution is 2.59. The third-order valence-corrected chi connectivity index (χ3v) is 9.48. The van der Waals surface area contributed by atoms with Crippen molar-refractivity contribution in [3.63, 3.8) is 0 Å². The summed E-state index contributed by atoms with van der Waals surface area (Å²) in [5.74, 6) is 2.93. The molecule has 0 aliphatic heterocycles. The lowest BCUT2D eigenvalue weighted by molar-refractivity contribution is -0.204. The number of esters is 1. The van der Waals surface area contributed by atoms with Gasteiger partial charge >= 0.3 is 5.97 Å². The van der Waals surface area contributed by atoms with Gasteiger partial charge in [0.1, 0.15) is 28.4 Å². The van der Waals surface area contributed by atoms with Crippen molar-refractivity contribution in [2.45, 2.75) is 58.5 Å². The Kier molecular flexibility index (Phi) is 6.32. The molecule has 38 heavy (non-hydrogen) atoms. The number of carbonyl (C=O) groups excluding carboxylic acids is 1. The van der Waals surface area contributed by atoms with Crippen LogP contribution in [0.4, 0.5) is 17.1 Å². The Balaban J connectivity index is 1.22. The fourth-order valence-electron chi connectivity index (χ4n) is 7.75. The van der Waals surface area contributed by atoms with Crippen LogP contribution in [0.5, 0.6) is 5.75 Å². The molecule has 198 valence electrons. The summed E-state index contributed by atoms with van der Waals surface area (Å²) in [4.78, 5) is 13.0. The number of quaternary nitrogens is 1. The third-order valence-electron chi connectivity index (χ3n) is 9.48. The molecule has 0 aromatic heterocycles. The van der Waals surface area contributed by atoms with Gasteiger partial charge in [0.2, 0.25) is 0 Å². The van der Waals surface area contributed by atoms with Gasteiger partial charge < -0.3 is 14.7 Å². The number of rotatable bonds is 7. The normalized spacial score (nSPS) is 27.8. The summed E-state index contributed by atoms with van der Waals surface area (Å²) in [5, 5.41) is 14.6. The Bertz CT molecular complexity index is 1230. The van der Waals surface area contributed by atoms with Gasteiger partial charge in [0.05, 0.1) is 0 Å². The minimum Gasteiger partial charge on any atom is -0.616 e. The van der Waals surface area contributed by atoms with E-state index >= 15 is 0 Å². The molecule has 5 heteroatoms. The predicted octanol–water partition coefficient (Wildman–Crippen LogP) is 7.91. The monoisotopic (exact) mass is 511 g/mol. The molecule has 4 bridgehead atoms. The highest BCUT2D eigenvalue weighted by atomic mass is 16.6. The van der Waals surface area contributed by atoms with Crippen LogP contribution in [0.2, 0.25) is 0 Å². The quantitative estimate of drug-likeness (QED) is 0.184. The van der Waals surface area contributed by atoms with Crippen molar-refractivity contribution in [3.8, 4) is 5.75 Å². The first kappa shape index (κ1) is 25.1. The molecule has 7 rings (SSSR count). The fraction of sp³-hybridized carbons (Fsp3) is 0.424. The van der Waals surface area contributed by atoms with Crippen LogP contribution in [0.3, 0.4) is 0 Å². The van der Waals surface area contributed by atoms with Crippen LogP contribution in [0.1, 0.15) is 50.2 Å². The number of hydrogen-bond donors (Lipinski definition) is 0. The molecule has 0 saturated heterocycles. The van der Waals surface area contributed by atoms with E-state index in [2.05, 4.69) is 6.92 Å². The molecule has 0 radical (unpaired) electrons. The SMILES string of the molecule is Cc1cc([N+]([O-])(c2ccccc2)c2ccccc2)cc(C)c1OCC(=O)OC1(C)C2CC3CC(C2)CC1C3. The highest BCUT2D eigenvalue weighted by molar-refractivity contribution is 5.74. The first-order chi connectivity index (χ1) is 18.3. The lowest BCUT2D eigenvalue weighted by Crippen LogP contribution is -2.58. The van der Waals surface area contributed by atoms with Gasteiger partial charge in [-0.15, -0.1) is 0 Å². The van der Waals surface area contributed by atoms with E-state index in [0.29, 0.717) is 34.6 Å². The second-order valence-corrected chi connectivity index (χ2v) is 11.9. The van der Waals surface area contributed by atoms with E-state index in [1.807, 2.05) is 86.6 Å². The lowest BCUT2D eigenvalue weighted by Gasteiger charge is -2.59. The van der Waals surface area contributed by atoms with E-state index in [1.165, 1.54) is 32.1 Å². The van der Waals surface area contributed by atoms with Gasteiger partial charge in [0.15, 0.2) is 6.61 Å². The van der Waals surface area contributed by atoms with E-state index < -0.39 is 4.65 Å². The summed E-state index contributed by atoms with van der Waals surface area (Å²) < 4.78 is 11.5. The van der Waals surface area contributed by atoms with Crippen LogP contribution in [-0.2, 0) is 9.53 Å². The summed E-state index contributed by atoms with van der Waals surface area (Å²) in [6, 6.07) is 22.5. The maximum atomic E-state index is 14.6. The molecule has 0 heterocycles. The number of carbonyl (C=O) groups is 1. The summed E-state index contributed by atoms with van der Waals surface area (Å²) >= 11 is 0. The smallest absolute Gasteiger partial charge is 0.344 e. The summed E-state index contributed by atoms with van der Waals surface area (Å²) in [7, 11) is 0. The molecule has 4 aliphatic carbocycles. The van der Waals surface area contributed by atoms with Gasteiger partial charge in [-0.2, -0.15) is 0 Å². The Labute approximate surface area is 225 Å². The zero-order valence-corrected chi connectivity index (χ0v) is 22.6. The molecule has 3 aromatic rings. The second kappa shape index (κ2) is 9.55. The topological polar surface area (TPSA) is 58.6 Å². The average Bonchev–Trinajstić information content (AvgIpc) is 2.91. The van der Waals surface area contributed by atoms with Crippen molar-refractivity contribution in [2.75, 3.05) is 6.61 Å². The van der Waals surface area contributed by atoms with Gasteiger partial charge in [0, 0.05) is 36.4 Å². The van der Waals surface area contributed by atoms with Gasteiger partial charge in [-0.1, -0.05) is 36.4 Å². The Hall–Kier alpha value is -3.15. The van der Waals surface area contributed by atoms with Crippen LogP contribution in [-0.4, -0.2) is 18.2 Å². The van der Waals surface area contributed by atoms with Crippen molar-refractivity contribution in [1.82, 2.24) is 4.65 Å². The van der Waals surface area contributed by atoms with Crippen molar-refractivity contribution < 1.29 is 14.3 Å². The predicted molar refractivity (Wildman–Crippen MR) is 150 cm³/mol. The van der Waals surface area contributed by atoms with E-state index in [4.69, 9.17) is 9.47 Å². The first-order valence-electron chi connectivity index (χ1n) is 13.9. The number of para-hydroxylation sites is 2. The van der Waals surface area contributed by atoms with E-state index in [9.17, 15) is 10.0 Å². The minimum absolute atomic E-state index is 0.127. The standard InChI is InChI=1S/C33H37NO4/c1-22-14-30(34(36,28-10-6-4-7-11-28)29-12-8-5-9-13-29)15-23(2)32(22)37-21-31(35)38-33(3)26-17-24-16-25(19-26)20-27(33)18-24/h4-15,24-27H,16-21H2,1-3H3. The molecule has 3 aromatic carbocycles. The van der Waals surface area contributed by atoms with Gasteiger partial charge in [0.25, 0.3) is 0 Å². The van der Waals surface area contributed by atoms with Crippen LogP contribution in [0.15, 0.2) is 72.8 Å². The second-order valence-electron chi connectivity index (χ2n) is 11.9. The van der Waals surface area contributed by atoms with Crippen LogP contribution in [0.25, 0.3) is 0 Å². The van der Waals surface area contributed by atoms with Crippen molar-refractivity contribution in [1.29, 1.82) is 0 Å². The van der Waals surface area contributed by atoms with E-state index in [0.717, 1.165) is 23.0 Å². The molecule has 0 amide bonds. The van der Waals surface area contributed by atoms with Crippen molar-refractivity contribution in [3.05, 3.63) is 89.1 Å². The number of nitrogens with zero attached hydrogens (tertiary/aromatic N) is 1. The molecule has 0 spiro atoms. The number of ether oxygens (including phenoxy) is 2. The van der Waals surface area contributed by atoms with Crippen LogP contribution < -0.4 is 9.38 Å². The molecular formula is C33H37NO4.